The van der Waals surface area contributed by atoms with Gasteiger partial charge in [-0.15, -0.1) is 10.2 Å². The van der Waals surface area contributed by atoms with E-state index >= 15 is 0 Å². The molecule has 1 aliphatic carbocycles. The number of nitrogens with one attached hydrogen (secondary N) is 1. The van der Waals surface area contributed by atoms with Crippen LogP contribution in [0.25, 0.3) is 0 Å². The van der Waals surface area contributed by atoms with Crippen molar-refractivity contribution in [3.05, 3.63) is 29.9 Å². The number of hydrogen-bond acceptors (Lipinski definition) is 7. The number of carbonyl (C=O) groups excluding carboxylic acids is 2. The number of aryl methyl sites for hydroxylation is 1. The van der Waals surface area contributed by atoms with Gasteiger partial charge in [-0.05, 0) is 37.5 Å². The van der Waals surface area contributed by atoms with Crippen LogP contribution >= 0.6 is 0 Å². The lowest BCUT2D eigenvalue weighted by Gasteiger charge is -2.27. The zero-order chi connectivity index (χ0) is 22.1. The number of rotatable bonds is 4. The summed E-state index contributed by atoms with van der Waals surface area (Å²) in [6.45, 7) is 2.05. The third-order valence-electron chi connectivity index (χ3n) is 7.25. The molecule has 5 rings (SSSR count). The lowest BCUT2D eigenvalue weighted by atomic mass is 9.80. The number of likely N-dealkylation sites (tertiary alicyclic amines) is 1. The summed E-state index contributed by atoms with van der Waals surface area (Å²) in [6, 6.07) is 0.252. The quantitative estimate of drug-likeness (QED) is 0.770. The van der Waals surface area contributed by atoms with E-state index < -0.39 is 0 Å². The summed E-state index contributed by atoms with van der Waals surface area (Å²) in [5.41, 5.74) is 0.0159. The number of nitrogens with zero attached hydrogens (tertiary/aromatic N) is 6. The second-order valence-electron chi connectivity index (χ2n) is 9.22. The monoisotopic (exact) mass is 439 g/mol. The average molecular weight is 440 g/mol. The Labute approximate surface area is 186 Å². The molecule has 2 amide bonds. The van der Waals surface area contributed by atoms with Gasteiger partial charge in [-0.25, -0.2) is 9.97 Å². The maximum absolute atomic E-state index is 12.9. The SMILES string of the molecule is COc1cnc(C(=O)N2CCC3(CCc4nnc(C(=O)NC5CCCC5)n4CC3)C2)nc1. The molecule has 1 saturated carbocycles. The summed E-state index contributed by atoms with van der Waals surface area (Å²) >= 11 is 0. The van der Waals surface area contributed by atoms with E-state index in [1.54, 1.807) is 7.11 Å². The van der Waals surface area contributed by atoms with E-state index in [9.17, 15) is 9.59 Å². The van der Waals surface area contributed by atoms with E-state index in [2.05, 4.69) is 25.5 Å². The van der Waals surface area contributed by atoms with Crippen LogP contribution in [0.1, 0.15) is 72.0 Å². The first-order chi connectivity index (χ1) is 15.6. The first-order valence-corrected chi connectivity index (χ1v) is 11.5. The number of ether oxygens (including phenoxy) is 1. The van der Waals surface area contributed by atoms with Crippen molar-refractivity contribution in [2.75, 3.05) is 20.2 Å². The molecule has 1 spiro atoms. The Kier molecular flexibility index (Phi) is 5.52. The minimum atomic E-state index is -0.148. The Bertz CT molecular complexity index is 999. The Morgan fingerprint density at radius 1 is 1.09 bits per heavy atom. The number of amides is 2. The largest absolute Gasteiger partial charge is 0.494 e. The van der Waals surface area contributed by atoms with Gasteiger partial charge in [0.25, 0.3) is 11.8 Å². The zero-order valence-electron chi connectivity index (χ0n) is 18.4. The predicted octanol–water partition coefficient (Wildman–Crippen LogP) is 1.62. The minimum Gasteiger partial charge on any atom is -0.494 e. The summed E-state index contributed by atoms with van der Waals surface area (Å²) in [5.74, 6) is 1.73. The molecule has 2 aromatic heterocycles. The van der Waals surface area contributed by atoms with Gasteiger partial charge < -0.3 is 19.5 Å². The van der Waals surface area contributed by atoms with Crippen molar-refractivity contribution in [1.29, 1.82) is 0 Å². The number of carbonyl (C=O) groups is 2. The molecule has 1 saturated heterocycles. The van der Waals surface area contributed by atoms with Gasteiger partial charge in [0, 0.05) is 32.1 Å². The van der Waals surface area contributed by atoms with Crippen molar-refractivity contribution < 1.29 is 14.3 Å². The zero-order valence-corrected chi connectivity index (χ0v) is 18.4. The third kappa shape index (κ3) is 3.93. The molecule has 1 unspecified atom stereocenters. The van der Waals surface area contributed by atoms with Gasteiger partial charge in [0.15, 0.2) is 5.75 Å². The van der Waals surface area contributed by atoms with Crippen molar-refractivity contribution in [3.8, 4) is 5.75 Å². The fraction of sp³-hybridized carbons (Fsp3) is 0.636. The molecular weight excluding hydrogens is 410 g/mol. The van der Waals surface area contributed by atoms with Gasteiger partial charge in [-0.1, -0.05) is 12.8 Å². The van der Waals surface area contributed by atoms with Crippen molar-refractivity contribution in [1.82, 2.24) is 34.9 Å². The molecule has 2 aliphatic heterocycles. The van der Waals surface area contributed by atoms with Crippen molar-refractivity contribution >= 4 is 11.8 Å². The molecule has 1 N–H and O–H groups in total. The van der Waals surface area contributed by atoms with Gasteiger partial charge in [-0.2, -0.15) is 0 Å². The van der Waals surface area contributed by atoms with E-state index in [1.165, 1.54) is 25.2 Å². The van der Waals surface area contributed by atoms with Gasteiger partial charge in [0.2, 0.25) is 11.6 Å². The highest BCUT2D eigenvalue weighted by Crippen LogP contribution is 2.41. The van der Waals surface area contributed by atoms with Crippen LogP contribution in [-0.4, -0.2) is 67.7 Å². The predicted molar refractivity (Wildman–Crippen MR) is 114 cm³/mol. The van der Waals surface area contributed by atoms with Crippen molar-refractivity contribution in [2.24, 2.45) is 5.41 Å². The summed E-state index contributed by atoms with van der Waals surface area (Å²) in [4.78, 5) is 35.9. The summed E-state index contributed by atoms with van der Waals surface area (Å²) in [6.07, 6.45) is 10.9. The highest BCUT2D eigenvalue weighted by atomic mass is 16.5. The van der Waals surface area contributed by atoms with Gasteiger partial charge in [0.1, 0.15) is 5.82 Å². The van der Waals surface area contributed by atoms with Crippen LogP contribution < -0.4 is 10.1 Å². The van der Waals surface area contributed by atoms with Gasteiger partial charge in [0.05, 0.1) is 19.5 Å². The number of fused-ring (bicyclic) bond motifs is 1. The first kappa shape index (κ1) is 20.8. The number of hydrogen-bond donors (Lipinski definition) is 1. The lowest BCUT2D eigenvalue weighted by Crippen LogP contribution is -2.35. The molecule has 32 heavy (non-hydrogen) atoms. The van der Waals surface area contributed by atoms with E-state index in [1.807, 2.05) is 9.47 Å². The number of methoxy groups -OCH3 is 1. The maximum atomic E-state index is 12.9. The van der Waals surface area contributed by atoms with Crippen LogP contribution in [0.5, 0.6) is 5.75 Å². The molecule has 2 fully saturated rings. The second kappa shape index (κ2) is 8.48. The maximum Gasteiger partial charge on any atom is 0.291 e. The molecule has 10 nitrogen and oxygen atoms in total. The fourth-order valence-electron chi connectivity index (χ4n) is 5.28. The molecule has 1 atom stereocenters. The molecule has 2 aromatic rings. The van der Waals surface area contributed by atoms with Crippen LogP contribution in [0.4, 0.5) is 0 Å². The molecule has 170 valence electrons. The van der Waals surface area contributed by atoms with E-state index in [-0.39, 0.29) is 29.1 Å². The van der Waals surface area contributed by atoms with Crippen LogP contribution in [0.3, 0.4) is 0 Å². The van der Waals surface area contributed by atoms with Gasteiger partial charge >= 0.3 is 0 Å². The topological polar surface area (TPSA) is 115 Å². The van der Waals surface area contributed by atoms with Crippen LogP contribution in [0, 0.1) is 5.41 Å². The van der Waals surface area contributed by atoms with Crippen molar-refractivity contribution in [2.45, 2.75) is 64.0 Å². The van der Waals surface area contributed by atoms with E-state index in [0.29, 0.717) is 31.2 Å². The molecule has 3 aliphatic rings. The van der Waals surface area contributed by atoms with Crippen LogP contribution in [-0.2, 0) is 13.0 Å². The van der Waals surface area contributed by atoms with Crippen LogP contribution in [0.2, 0.25) is 0 Å². The van der Waals surface area contributed by atoms with Gasteiger partial charge in [-0.3, -0.25) is 9.59 Å². The summed E-state index contributed by atoms with van der Waals surface area (Å²) < 4.78 is 7.06. The highest BCUT2D eigenvalue weighted by Gasteiger charge is 2.42. The Morgan fingerprint density at radius 2 is 1.84 bits per heavy atom. The van der Waals surface area contributed by atoms with Crippen LogP contribution in [0.15, 0.2) is 12.4 Å². The molecular formula is C22H29N7O3. The highest BCUT2D eigenvalue weighted by molar-refractivity contribution is 5.91. The summed E-state index contributed by atoms with van der Waals surface area (Å²) in [5, 5.41) is 11.7. The Morgan fingerprint density at radius 3 is 2.59 bits per heavy atom. The van der Waals surface area contributed by atoms with Crippen molar-refractivity contribution in [3.63, 3.8) is 0 Å². The second-order valence-corrected chi connectivity index (χ2v) is 9.22. The molecule has 10 heteroatoms. The normalized spacial score (nSPS) is 23.2. The molecule has 0 aromatic carbocycles. The first-order valence-electron chi connectivity index (χ1n) is 11.5. The number of aromatic nitrogens is 5. The lowest BCUT2D eigenvalue weighted by molar-refractivity contribution is 0.0754. The average Bonchev–Trinajstić information content (AvgIpc) is 3.54. The minimum absolute atomic E-state index is 0.0159. The Balaban J connectivity index is 1.25. The third-order valence-corrected chi connectivity index (χ3v) is 7.25. The standard InChI is InChI=1S/C22H29N7O3/c1-32-16-12-23-18(24-13-16)21(31)28-10-8-22(14-28)7-6-17-26-27-19(29(17)11-9-22)20(30)25-15-4-2-3-5-15/h12-13,15H,2-11,14H2,1H3,(H,25,30). The molecule has 0 radical (unpaired) electrons. The fourth-order valence-corrected chi connectivity index (χ4v) is 5.28. The molecule has 0 bridgehead atoms. The Hall–Kier alpha value is -3.04. The van der Waals surface area contributed by atoms with E-state index in [4.69, 9.17) is 4.74 Å². The van der Waals surface area contributed by atoms with E-state index in [0.717, 1.165) is 44.3 Å². The molecule has 4 heterocycles. The summed E-state index contributed by atoms with van der Waals surface area (Å²) in [7, 11) is 1.54. The smallest absolute Gasteiger partial charge is 0.291 e.